The number of hydrogen-bond donors (Lipinski definition) is 0. The van der Waals surface area contributed by atoms with E-state index in [1.165, 1.54) is 57.8 Å². The standard InChI is InChI=1S/C22H38O3S/c1-3-5-7-8-9-10-11-12-13-14-16-21-17-15-18-22(20-21)26(23,24)25-19-6-4-2/h15,17-18,20H,3-14,16,19H2,1-2H3. The highest BCUT2D eigenvalue weighted by Gasteiger charge is 2.15. The fourth-order valence-corrected chi connectivity index (χ4v) is 4.07. The van der Waals surface area contributed by atoms with Crippen molar-refractivity contribution in [2.75, 3.05) is 6.61 Å². The van der Waals surface area contributed by atoms with Crippen LogP contribution in [0.5, 0.6) is 0 Å². The smallest absolute Gasteiger partial charge is 0.266 e. The molecule has 0 radical (unpaired) electrons. The Morgan fingerprint density at radius 1 is 0.769 bits per heavy atom. The summed E-state index contributed by atoms with van der Waals surface area (Å²) in [5.74, 6) is 0. The van der Waals surface area contributed by atoms with Crippen LogP contribution in [0.15, 0.2) is 29.2 Å². The van der Waals surface area contributed by atoms with Crippen LogP contribution in [0.25, 0.3) is 0 Å². The first-order valence-electron chi connectivity index (χ1n) is 10.6. The van der Waals surface area contributed by atoms with Crippen molar-refractivity contribution >= 4 is 10.1 Å². The molecular weight excluding hydrogens is 344 g/mol. The van der Waals surface area contributed by atoms with Crippen molar-refractivity contribution in [2.45, 2.75) is 102 Å². The molecule has 0 amide bonds. The topological polar surface area (TPSA) is 43.4 Å². The van der Waals surface area contributed by atoms with Gasteiger partial charge in [0.25, 0.3) is 10.1 Å². The van der Waals surface area contributed by atoms with Crippen LogP contribution in [0, 0.1) is 0 Å². The third kappa shape index (κ3) is 10.3. The fourth-order valence-electron chi connectivity index (χ4n) is 3.05. The zero-order valence-electron chi connectivity index (χ0n) is 16.8. The van der Waals surface area contributed by atoms with Gasteiger partial charge in [-0.1, -0.05) is 90.2 Å². The summed E-state index contributed by atoms with van der Waals surface area (Å²) in [6, 6.07) is 7.23. The van der Waals surface area contributed by atoms with E-state index in [9.17, 15) is 8.42 Å². The Hall–Kier alpha value is -0.870. The first kappa shape index (κ1) is 23.2. The van der Waals surface area contributed by atoms with Crippen molar-refractivity contribution in [3.05, 3.63) is 29.8 Å². The lowest BCUT2D eigenvalue weighted by atomic mass is 10.0. The van der Waals surface area contributed by atoms with Crippen molar-refractivity contribution < 1.29 is 12.6 Å². The molecule has 0 unspecified atom stereocenters. The van der Waals surface area contributed by atoms with E-state index >= 15 is 0 Å². The second-order valence-corrected chi connectivity index (χ2v) is 8.82. The third-order valence-electron chi connectivity index (χ3n) is 4.74. The first-order chi connectivity index (χ1) is 12.6. The van der Waals surface area contributed by atoms with Gasteiger partial charge in [-0.15, -0.1) is 0 Å². The number of hydrogen-bond acceptors (Lipinski definition) is 3. The number of unbranched alkanes of at least 4 members (excludes halogenated alkanes) is 10. The minimum absolute atomic E-state index is 0.265. The highest BCUT2D eigenvalue weighted by atomic mass is 32.2. The van der Waals surface area contributed by atoms with Crippen LogP contribution in [0.1, 0.15) is 96.5 Å². The molecule has 1 aromatic carbocycles. The average molecular weight is 383 g/mol. The van der Waals surface area contributed by atoms with E-state index in [4.69, 9.17) is 4.18 Å². The van der Waals surface area contributed by atoms with E-state index < -0.39 is 10.1 Å². The molecule has 0 saturated carbocycles. The number of rotatable bonds is 16. The zero-order valence-corrected chi connectivity index (χ0v) is 17.7. The Bertz CT molecular complexity index is 567. The minimum Gasteiger partial charge on any atom is -0.266 e. The summed E-state index contributed by atoms with van der Waals surface area (Å²) >= 11 is 0. The normalized spacial score (nSPS) is 11.8. The summed E-state index contributed by atoms with van der Waals surface area (Å²) in [6.07, 6.45) is 15.8. The molecule has 0 aliphatic carbocycles. The van der Waals surface area contributed by atoms with E-state index in [2.05, 4.69) is 6.92 Å². The molecule has 0 fully saturated rings. The van der Waals surface area contributed by atoms with E-state index in [1.54, 1.807) is 12.1 Å². The Morgan fingerprint density at radius 2 is 1.35 bits per heavy atom. The second-order valence-electron chi connectivity index (χ2n) is 7.21. The van der Waals surface area contributed by atoms with Gasteiger partial charge in [-0.05, 0) is 37.0 Å². The first-order valence-corrected chi connectivity index (χ1v) is 12.0. The van der Waals surface area contributed by atoms with Gasteiger partial charge in [-0.25, -0.2) is 0 Å². The maximum Gasteiger partial charge on any atom is 0.296 e. The third-order valence-corrected chi connectivity index (χ3v) is 6.05. The quantitative estimate of drug-likeness (QED) is 0.237. The van der Waals surface area contributed by atoms with Crippen LogP contribution < -0.4 is 0 Å². The highest BCUT2D eigenvalue weighted by molar-refractivity contribution is 7.86. The van der Waals surface area contributed by atoms with E-state index in [0.29, 0.717) is 0 Å². The summed E-state index contributed by atoms with van der Waals surface area (Å²) in [5.41, 5.74) is 1.09. The molecule has 0 aliphatic rings. The molecule has 1 rings (SSSR count). The van der Waals surface area contributed by atoms with Crippen LogP contribution in [-0.2, 0) is 20.7 Å². The van der Waals surface area contributed by atoms with Gasteiger partial charge in [0.1, 0.15) is 0 Å². The molecule has 0 saturated heterocycles. The van der Waals surface area contributed by atoms with Gasteiger partial charge >= 0.3 is 0 Å². The molecular formula is C22H38O3S. The highest BCUT2D eigenvalue weighted by Crippen LogP contribution is 2.17. The van der Waals surface area contributed by atoms with Crippen molar-refractivity contribution in [1.82, 2.24) is 0 Å². The molecule has 0 bridgehead atoms. The molecule has 0 aromatic heterocycles. The Kier molecular flexibility index (Phi) is 12.7. The van der Waals surface area contributed by atoms with Gasteiger partial charge in [0, 0.05) is 0 Å². The molecule has 0 aliphatic heterocycles. The van der Waals surface area contributed by atoms with Crippen LogP contribution >= 0.6 is 0 Å². The molecule has 0 spiro atoms. The lowest BCUT2D eigenvalue weighted by Gasteiger charge is -2.07. The monoisotopic (exact) mass is 382 g/mol. The minimum atomic E-state index is -3.61. The molecule has 1 aromatic rings. The van der Waals surface area contributed by atoms with Gasteiger partial charge in [0.15, 0.2) is 0 Å². The van der Waals surface area contributed by atoms with E-state index in [-0.39, 0.29) is 11.5 Å². The average Bonchev–Trinajstić information content (AvgIpc) is 2.64. The van der Waals surface area contributed by atoms with Crippen molar-refractivity contribution in [1.29, 1.82) is 0 Å². The van der Waals surface area contributed by atoms with Crippen molar-refractivity contribution in [2.24, 2.45) is 0 Å². The summed E-state index contributed by atoms with van der Waals surface area (Å²) in [4.78, 5) is 0.290. The molecule has 26 heavy (non-hydrogen) atoms. The van der Waals surface area contributed by atoms with Crippen LogP contribution in [0.3, 0.4) is 0 Å². The van der Waals surface area contributed by atoms with Crippen molar-refractivity contribution in [3.63, 3.8) is 0 Å². The maximum atomic E-state index is 12.2. The van der Waals surface area contributed by atoms with E-state index in [0.717, 1.165) is 31.2 Å². The maximum absolute atomic E-state index is 12.2. The largest absolute Gasteiger partial charge is 0.296 e. The summed E-state index contributed by atoms with van der Waals surface area (Å²) in [7, 11) is -3.61. The molecule has 0 heterocycles. The zero-order chi connectivity index (χ0) is 19.1. The molecule has 0 atom stereocenters. The Balaban J connectivity index is 2.23. The van der Waals surface area contributed by atoms with Gasteiger partial charge in [-0.2, -0.15) is 8.42 Å². The molecule has 150 valence electrons. The SMILES string of the molecule is CCCCCCCCCCCCc1cccc(S(=O)(=O)OCCCC)c1. The summed E-state index contributed by atoms with van der Waals surface area (Å²) < 4.78 is 29.4. The van der Waals surface area contributed by atoms with Gasteiger partial charge in [0.2, 0.25) is 0 Å². The van der Waals surface area contributed by atoms with Crippen LogP contribution in [0.4, 0.5) is 0 Å². The van der Waals surface area contributed by atoms with Crippen LogP contribution in [-0.4, -0.2) is 15.0 Å². The van der Waals surface area contributed by atoms with Crippen LogP contribution in [0.2, 0.25) is 0 Å². The second kappa shape index (κ2) is 14.2. The number of aryl methyl sites for hydroxylation is 1. The summed E-state index contributed by atoms with van der Waals surface area (Å²) in [6.45, 7) is 4.54. The molecule has 0 N–H and O–H groups in total. The lowest BCUT2D eigenvalue weighted by Crippen LogP contribution is -2.08. The van der Waals surface area contributed by atoms with Gasteiger partial charge in [0.05, 0.1) is 11.5 Å². The number of benzene rings is 1. The van der Waals surface area contributed by atoms with Crippen molar-refractivity contribution in [3.8, 4) is 0 Å². The fraction of sp³-hybridized carbons (Fsp3) is 0.727. The predicted molar refractivity (Wildman–Crippen MR) is 110 cm³/mol. The molecule has 4 heteroatoms. The predicted octanol–water partition coefficient (Wildman–Crippen LogP) is 6.66. The Labute approximate surface area is 161 Å². The van der Waals surface area contributed by atoms with Gasteiger partial charge < -0.3 is 0 Å². The molecule has 3 nitrogen and oxygen atoms in total. The van der Waals surface area contributed by atoms with Gasteiger partial charge in [-0.3, -0.25) is 4.18 Å². The van der Waals surface area contributed by atoms with E-state index in [1.807, 2.05) is 19.1 Å². The Morgan fingerprint density at radius 3 is 1.96 bits per heavy atom. The lowest BCUT2D eigenvalue weighted by molar-refractivity contribution is 0.311. The summed E-state index contributed by atoms with van der Waals surface area (Å²) in [5, 5.41) is 0.